The van der Waals surface area contributed by atoms with Gasteiger partial charge in [-0.3, -0.25) is 9.69 Å². The summed E-state index contributed by atoms with van der Waals surface area (Å²) in [6.07, 6.45) is -0.660. The molecule has 1 aromatic rings. The second-order valence-electron chi connectivity index (χ2n) is 6.25. The van der Waals surface area contributed by atoms with Crippen molar-refractivity contribution in [3.63, 3.8) is 0 Å². The molecule has 22 heavy (non-hydrogen) atoms. The van der Waals surface area contributed by atoms with Gasteiger partial charge in [0, 0.05) is 18.2 Å². The summed E-state index contributed by atoms with van der Waals surface area (Å²) in [7, 11) is 0. The van der Waals surface area contributed by atoms with Gasteiger partial charge in [0.05, 0.1) is 6.04 Å². The first kappa shape index (κ1) is 16.8. The molecule has 0 fully saturated rings. The number of aliphatic hydroxyl groups excluding tert-OH is 1. The Labute approximate surface area is 132 Å². The minimum atomic E-state index is -0.660. The molecule has 1 heterocycles. The number of hydrogen-bond acceptors (Lipinski definition) is 4. The van der Waals surface area contributed by atoms with Crippen LogP contribution in [0.3, 0.4) is 0 Å². The van der Waals surface area contributed by atoms with Gasteiger partial charge >= 0.3 is 0 Å². The summed E-state index contributed by atoms with van der Waals surface area (Å²) < 4.78 is 6.13. The maximum absolute atomic E-state index is 11.2. The Kier molecular flexibility index (Phi) is 4.78. The SMILES string of the molecule is CCN(CC)C1C(O)c2cc(NC(C)=O)ccc2OC1(C)C. The molecule has 1 aliphatic heterocycles. The van der Waals surface area contributed by atoms with Crippen LogP contribution in [0.2, 0.25) is 0 Å². The van der Waals surface area contributed by atoms with E-state index in [0.29, 0.717) is 11.4 Å². The van der Waals surface area contributed by atoms with Crippen molar-refractivity contribution >= 4 is 11.6 Å². The van der Waals surface area contributed by atoms with Crippen molar-refractivity contribution in [3.05, 3.63) is 23.8 Å². The zero-order chi connectivity index (χ0) is 16.5. The van der Waals surface area contributed by atoms with Crippen LogP contribution in [-0.2, 0) is 4.79 Å². The van der Waals surface area contributed by atoms with Gasteiger partial charge in [-0.25, -0.2) is 0 Å². The molecule has 0 spiro atoms. The van der Waals surface area contributed by atoms with Crippen molar-refractivity contribution in [1.82, 2.24) is 4.90 Å². The minimum absolute atomic E-state index is 0.133. The minimum Gasteiger partial charge on any atom is -0.486 e. The van der Waals surface area contributed by atoms with Crippen LogP contribution in [0.1, 0.15) is 46.3 Å². The number of carbonyl (C=O) groups is 1. The number of anilines is 1. The van der Waals surface area contributed by atoms with Crippen LogP contribution in [0.25, 0.3) is 0 Å². The van der Waals surface area contributed by atoms with Crippen molar-refractivity contribution in [2.75, 3.05) is 18.4 Å². The van der Waals surface area contributed by atoms with Gasteiger partial charge in [0.15, 0.2) is 0 Å². The summed E-state index contributed by atoms with van der Waals surface area (Å²) in [5.41, 5.74) is 0.905. The third kappa shape index (κ3) is 3.10. The molecule has 0 aliphatic carbocycles. The second-order valence-corrected chi connectivity index (χ2v) is 6.25. The lowest BCUT2D eigenvalue weighted by molar-refractivity contribution is -0.114. The number of carbonyl (C=O) groups excluding carboxylic acids is 1. The third-order valence-electron chi connectivity index (χ3n) is 4.24. The van der Waals surface area contributed by atoms with Crippen LogP contribution < -0.4 is 10.1 Å². The van der Waals surface area contributed by atoms with E-state index < -0.39 is 11.7 Å². The van der Waals surface area contributed by atoms with Crippen molar-refractivity contribution in [1.29, 1.82) is 0 Å². The summed E-state index contributed by atoms with van der Waals surface area (Å²) in [4.78, 5) is 13.4. The van der Waals surface area contributed by atoms with Crippen LogP contribution in [0, 0.1) is 0 Å². The molecule has 2 N–H and O–H groups in total. The van der Waals surface area contributed by atoms with Gasteiger partial charge in [0.1, 0.15) is 17.5 Å². The molecular formula is C17H26N2O3. The predicted octanol–water partition coefficient (Wildman–Crippen LogP) is 2.56. The number of benzene rings is 1. The normalized spacial score (nSPS) is 22.9. The van der Waals surface area contributed by atoms with Gasteiger partial charge in [0.2, 0.25) is 5.91 Å². The fraction of sp³-hybridized carbons (Fsp3) is 0.588. The Hall–Kier alpha value is -1.59. The highest BCUT2D eigenvalue weighted by Crippen LogP contribution is 2.43. The molecule has 2 atom stereocenters. The molecule has 0 saturated carbocycles. The van der Waals surface area contributed by atoms with Gasteiger partial charge in [-0.1, -0.05) is 13.8 Å². The Morgan fingerprint density at radius 2 is 2.00 bits per heavy atom. The number of nitrogens with one attached hydrogen (secondary N) is 1. The van der Waals surface area contributed by atoms with Crippen molar-refractivity contribution < 1.29 is 14.6 Å². The summed E-state index contributed by atoms with van der Waals surface area (Å²) in [6.45, 7) is 11.3. The number of aliphatic hydroxyl groups is 1. The lowest BCUT2D eigenvalue weighted by Gasteiger charge is -2.47. The molecule has 1 aliphatic rings. The first-order chi connectivity index (χ1) is 10.3. The van der Waals surface area contributed by atoms with Gasteiger partial charge in [-0.05, 0) is 45.1 Å². The molecule has 2 rings (SSSR count). The monoisotopic (exact) mass is 306 g/mol. The maximum Gasteiger partial charge on any atom is 0.221 e. The quantitative estimate of drug-likeness (QED) is 0.897. The number of likely N-dealkylation sites (N-methyl/N-ethyl adjacent to an activating group) is 1. The Balaban J connectivity index is 2.42. The molecule has 122 valence electrons. The predicted molar refractivity (Wildman–Crippen MR) is 87.1 cm³/mol. The largest absolute Gasteiger partial charge is 0.486 e. The first-order valence-corrected chi connectivity index (χ1v) is 7.82. The molecular weight excluding hydrogens is 280 g/mol. The summed E-state index contributed by atoms with van der Waals surface area (Å²) in [5, 5.41) is 13.7. The van der Waals surface area contributed by atoms with Gasteiger partial charge in [-0.2, -0.15) is 0 Å². The van der Waals surface area contributed by atoms with Crippen LogP contribution in [0.15, 0.2) is 18.2 Å². The standard InChI is InChI=1S/C17H26N2O3/c1-6-19(7-2)16-15(21)13-10-12(18-11(3)20)8-9-14(13)22-17(16,4)5/h8-10,15-16,21H,6-7H2,1-5H3,(H,18,20). The number of fused-ring (bicyclic) bond motifs is 1. The van der Waals surface area contributed by atoms with E-state index in [1.807, 2.05) is 19.9 Å². The van der Waals surface area contributed by atoms with E-state index in [4.69, 9.17) is 4.74 Å². The molecule has 1 amide bonds. The molecule has 0 saturated heterocycles. The highest BCUT2D eigenvalue weighted by atomic mass is 16.5. The van der Waals surface area contributed by atoms with Crippen LogP contribution in [-0.4, -0.2) is 40.6 Å². The smallest absolute Gasteiger partial charge is 0.221 e. The van der Waals surface area contributed by atoms with Crippen molar-refractivity contribution in [2.45, 2.75) is 52.4 Å². The zero-order valence-electron chi connectivity index (χ0n) is 14.0. The van der Waals surface area contributed by atoms with E-state index in [9.17, 15) is 9.90 Å². The fourth-order valence-corrected chi connectivity index (χ4v) is 3.30. The van der Waals surface area contributed by atoms with Crippen molar-refractivity contribution in [3.8, 4) is 5.75 Å². The number of nitrogens with zero attached hydrogens (tertiary/aromatic N) is 1. The van der Waals surface area contributed by atoms with E-state index in [0.717, 1.165) is 18.7 Å². The summed E-state index contributed by atoms with van der Waals surface area (Å²) >= 11 is 0. The molecule has 5 heteroatoms. The molecule has 2 unspecified atom stereocenters. The van der Waals surface area contributed by atoms with E-state index in [1.54, 1.807) is 12.1 Å². The van der Waals surface area contributed by atoms with Crippen molar-refractivity contribution in [2.24, 2.45) is 0 Å². The molecule has 0 aromatic heterocycles. The Bertz CT molecular complexity index is 553. The highest BCUT2D eigenvalue weighted by molar-refractivity contribution is 5.88. The van der Waals surface area contributed by atoms with E-state index in [1.165, 1.54) is 6.92 Å². The number of amides is 1. The second kappa shape index (κ2) is 6.26. The topological polar surface area (TPSA) is 61.8 Å². The highest BCUT2D eigenvalue weighted by Gasteiger charge is 2.45. The molecule has 5 nitrogen and oxygen atoms in total. The lowest BCUT2D eigenvalue weighted by Crippen LogP contribution is -2.57. The van der Waals surface area contributed by atoms with Crippen LogP contribution in [0.4, 0.5) is 5.69 Å². The maximum atomic E-state index is 11.2. The lowest BCUT2D eigenvalue weighted by atomic mass is 9.84. The van der Waals surface area contributed by atoms with E-state index in [2.05, 4.69) is 24.1 Å². The Morgan fingerprint density at radius 1 is 1.36 bits per heavy atom. The van der Waals surface area contributed by atoms with Gasteiger partial charge in [-0.15, -0.1) is 0 Å². The third-order valence-corrected chi connectivity index (χ3v) is 4.24. The van der Waals surface area contributed by atoms with Gasteiger partial charge < -0.3 is 15.2 Å². The number of rotatable bonds is 4. The van der Waals surface area contributed by atoms with E-state index >= 15 is 0 Å². The fourth-order valence-electron chi connectivity index (χ4n) is 3.30. The Morgan fingerprint density at radius 3 is 2.55 bits per heavy atom. The summed E-state index contributed by atoms with van der Waals surface area (Å²) in [5.74, 6) is 0.543. The van der Waals surface area contributed by atoms with Crippen LogP contribution in [0.5, 0.6) is 5.75 Å². The molecule has 0 radical (unpaired) electrons. The van der Waals surface area contributed by atoms with E-state index in [-0.39, 0.29) is 11.9 Å². The zero-order valence-corrected chi connectivity index (χ0v) is 14.0. The van der Waals surface area contributed by atoms with Crippen LogP contribution >= 0.6 is 0 Å². The first-order valence-electron chi connectivity index (χ1n) is 7.82. The van der Waals surface area contributed by atoms with Gasteiger partial charge in [0.25, 0.3) is 0 Å². The average molecular weight is 306 g/mol. The molecule has 0 bridgehead atoms. The number of hydrogen-bond donors (Lipinski definition) is 2. The molecule has 1 aromatic carbocycles. The summed E-state index contributed by atoms with van der Waals surface area (Å²) in [6, 6.07) is 5.26. The number of ether oxygens (including phenoxy) is 1. The average Bonchev–Trinajstić information content (AvgIpc) is 2.43.